The maximum Gasteiger partial charge on any atom is 0.209 e. The normalized spacial score (nSPS) is 10.6. The monoisotopic (exact) mass is 235 g/mol. The first-order chi connectivity index (χ1) is 7.81. The molecule has 1 aromatic heterocycles. The summed E-state index contributed by atoms with van der Waals surface area (Å²) in [5.41, 5.74) is 8.08. The Kier molecular flexibility index (Phi) is 3.53. The van der Waals surface area contributed by atoms with E-state index < -0.39 is 0 Å². The number of thioether (sulfide) groups is 1. The predicted octanol–water partition coefficient (Wildman–Crippen LogP) is 0.961. The van der Waals surface area contributed by atoms with Crippen molar-refractivity contribution in [3.63, 3.8) is 0 Å². The molecule has 2 rings (SSSR count). The number of nitrogens with zero attached hydrogens (tertiary/aromatic N) is 4. The number of aromatic nitrogens is 4. The maximum absolute atomic E-state index is 5.67. The van der Waals surface area contributed by atoms with Gasteiger partial charge in [-0.1, -0.05) is 36.0 Å². The minimum atomic E-state index is 0.563. The first kappa shape index (κ1) is 11.1. The van der Waals surface area contributed by atoms with Crippen molar-refractivity contribution in [3.8, 4) is 0 Å². The third-order valence-corrected chi connectivity index (χ3v) is 3.34. The molecule has 0 aliphatic heterocycles. The topological polar surface area (TPSA) is 69.6 Å². The lowest BCUT2D eigenvalue weighted by atomic mass is 10.1. The molecule has 0 unspecified atom stereocenters. The Labute approximate surface area is 98.0 Å². The molecule has 2 aromatic rings. The zero-order chi connectivity index (χ0) is 11.4. The van der Waals surface area contributed by atoms with Gasteiger partial charge in [0.1, 0.15) is 0 Å². The molecule has 0 amide bonds. The fourth-order valence-electron chi connectivity index (χ4n) is 1.38. The molecule has 2 N–H and O–H groups in total. The molecule has 0 saturated carbocycles. The van der Waals surface area contributed by atoms with Crippen LogP contribution < -0.4 is 5.73 Å². The van der Waals surface area contributed by atoms with Gasteiger partial charge in [0.2, 0.25) is 5.16 Å². The second-order valence-electron chi connectivity index (χ2n) is 3.35. The van der Waals surface area contributed by atoms with E-state index in [1.807, 2.05) is 25.2 Å². The third-order valence-electron chi connectivity index (χ3n) is 2.28. The van der Waals surface area contributed by atoms with Crippen molar-refractivity contribution in [1.82, 2.24) is 20.2 Å². The average molecular weight is 235 g/mol. The number of nitrogens with two attached hydrogens (primary N) is 1. The van der Waals surface area contributed by atoms with Crippen LogP contribution in [0.5, 0.6) is 0 Å². The van der Waals surface area contributed by atoms with Crippen LogP contribution in [0, 0.1) is 0 Å². The summed E-state index contributed by atoms with van der Waals surface area (Å²) in [6, 6.07) is 8.15. The van der Waals surface area contributed by atoms with Crippen molar-refractivity contribution < 1.29 is 0 Å². The molecule has 6 heteroatoms. The van der Waals surface area contributed by atoms with Gasteiger partial charge >= 0.3 is 0 Å². The molecular weight excluding hydrogens is 222 g/mol. The van der Waals surface area contributed by atoms with Gasteiger partial charge < -0.3 is 5.73 Å². The maximum atomic E-state index is 5.67. The molecule has 0 bridgehead atoms. The van der Waals surface area contributed by atoms with Gasteiger partial charge in [-0.05, 0) is 21.6 Å². The lowest BCUT2D eigenvalue weighted by Crippen LogP contribution is -2.00. The van der Waals surface area contributed by atoms with Crippen molar-refractivity contribution in [1.29, 1.82) is 0 Å². The molecule has 0 spiro atoms. The molecule has 1 heterocycles. The highest BCUT2D eigenvalue weighted by Gasteiger charge is 2.05. The lowest BCUT2D eigenvalue weighted by molar-refractivity contribution is 0.664. The summed E-state index contributed by atoms with van der Waals surface area (Å²) in [5.74, 6) is 0.835. The fraction of sp³-hybridized carbons (Fsp3) is 0.300. The van der Waals surface area contributed by atoms with E-state index in [0.717, 1.165) is 10.9 Å². The molecule has 0 saturated heterocycles. The van der Waals surface area contributed by atoms with Crippen molar-refractivity contribution >= 4 is 11.8 Å². The number of hydrogen-bond acceptors (Lipinski definition) is 5. The molecule has 0 radical (unpaired) electrons. The van der Waals surface area contributed by atoms with E-state index in [1.165, 1.54) is 11.1 Å². The van der Waals surface area contributed by atoms with Gasteiger partial charge in [0, 0.05) is 19.3 Å². The summed E-state index contributed by atoms with van der Waals surface area (Å²) in [6.45, 7) is 0.563. The van der Waals surface area contributed by atoms with Gasteiger partial charge in [-0.25, -0.2) is 4.68 Å². The van der Waals surface area contributed by atoms with Crippen LogP contribution in [0.3, 0.4) is 0 Å². The Morgan fingerprint density at radius 2 is 2.06 bits per heavy atom. The molecule has 0 atom stereocenters. The van der Waals surface area contributed by atoms with Crippen molar-refractivity contribution in [2.75, 3.05) is 0 Å². The predicted molar refractivity (Wildman–Crippen MR) is 62.7 cm³/mol. The molecule has 0 fully saturated rings. The van der Waals surface area contributed by atoms with Crippen LogP contribution in [0.25, 0.3) is 0 Å². The van der Waals surface area contributed by atoms with E-state index >= 15 is 0 Å². The Morgan fingerprint density at radius 3 is 2.69 bits per heavy atom. The molecule has 84 valence electrons. The first-order valence-electron chi connectivity index (χ1n) is 4.93. The lowest BCUT2D eigenvalue weighted by Gasteiger charge is -2.05. The zero-order valence-corrected chi connectivity index (χ0v) is 9.81. The summed E-state index contributed by atoms with van der Waals surface area (Å²) >= 11 is 1.61. The first-order valence-corrected chi connectivity index (χ1v) is 5.92. The Hall–Kier alpha value is -1.40. The molecule has 1 aromatic carbocycles. The number of aryl methyl sites for hydroxylation is 1. The van der Waals surface area contributed by atoms with Crippen molar-refractivity contribution in [2.24, 2.45) is 12.8 Å². The van der Waals surface area contributed by atoms with Gasteiger partial charge in [0.05, 0.1) is 0 Å². The summed E-state index contributed by atoms with van der Waals surface area (Å²) in [5, 5.41) is 12.1. The van der Waals surface area contributed by atoms with E-state index in [9.17, 15) is 0 Å². The van der Waals surface area contributed by atoms with Crippen LogP contribution in [0.4, 0.5) is 0 Å². The molecule has 5 nitrogen and oxygen atoms in total. The quantitative estimate of drug-likeness (QED) is 0.799. The molecule has 0 aliphatic carbocycles. The highest BCUT2D eigenvalue weighted by molar-refractivity contribution is 7.98. The van der Waals surface area contributed by atoms with Gasteiger partial charge in [-0.3, -0.25) is 0 Å². The number of hydrogen-bond donors (Lipinski definition) is 1. The summed E-state index contributed by atoms with van der Waals surface area (Å²) < 4.78 is 1.66. The van der Waals surface area contributed by atoms with Crippen LogP contribution in [0.1, 0.15) is 11.1 Å². The third kappa shape index (κ3) is 2.40. The van der Waals surface area contributed by atoms with E-state index in [4.69, 9.17) is 5.73 Å². The summed E-state index contributed by atoms with van der Waals surface area (Å²) in [6.07, 6.45) is 0. The number of tetrazole rings is 1. The minimum Gasteiger partial charge on any atom is -0.326 e. The van der Waals surface area contributed by atoms with E-state index in [1.54, 1.807) is 16.4 Å². The van der Waals surface area contributed by atoms with Crippen molar-refractivity contribution in [2.45, 2.75) is 17.5 Å². The molecule has 16 heavy (non-hydrogen) atoms. The zero-order valence-electron chi connectivity index (χ0n) is 9.00. The van der Waals surface area contributed by atoms with Crippen LogP contribution in [0.2, 0.25) is 0 Å². The highest BCUT2D eigenvalue weighted by atomic mass is 32.2. The summed E-state index contributed by atoms with van der Waals surface area (Å²) in [7, 11) is 1.83. The smallest absolute Gasteiger partial charge is 0.209 e. The van der Waals surface area contributed by atoms with Crippen molar-refractivity contribution in [3.05, 3.63) is 35.4 Å². The SMILES string of the molecule is Cn1nnnc1SCc1ccccc1CN. The van der Waals surface area contributed by atoms with E-state index in [-0.39, 0.29) is 0 Å². The fourth-order valence-corrected chi connectivity index (χ4v) is 2.27. The van der Waals surface area contributed by atoms with Gasteiger partial charge in [-0.2, -0.15) is 0 Å². The van der Waals surface area contributed by atoms with Gasteiger partial charge in [0.25, 0.3) is 0 Å². The highest BCUT2D eigenvalue weighted by Crippen LogP contribution is 2.21. The van der Waals surface area contributed by atoms with E-state index in [0.29, 0.717) is 6.54 Å². The van der Waals surface area contributed by atoms with Crippen LogP contribution in [0.15, 0.2) is 29.4 Å². The van der Waals surface area contributed by atoms with Gasteiger partial charge in [0.15, 0.2) is 0 Å². The molecule has 0 aliphatic rings. The van der Waals surface area contributed by atoms with Gasteiger partial charge in [-0.15, -0.1) is 5.10 Å². The standard InChI is InChI=1S/C10H13N5S/c1-15-10(12-13-14-15)16-7-9-5-3-2-4-8(9)6-11/h2-5H,6-7,11H2,1H3. The van der Waals surface area contributed by atoms with Crippen LogP contribution >= 0.6 is 11.8 Å². The van der Waals surface area contributed by atoms with Crippen LogP contribution in [-0.2, 0) is 19.3 Å². The van der Waals surface area contributed by atoms with E-state index in [2.05, 4.69) is 21.6 Å². The Balaban J connectivity index is 2.07. The average Bonchev–Trinajstić information content (AvgIpc) is 2.72. The molecular formula is C10H13N5S. The number of rotatable bonds is 4. The van der Waals surface area contributed by atoms with Crippen LogP contribution in [-0.4, -0.2) is 20.2 Å². The summed E-state index contributed by atoms with van der Waals surface area (Å²) in [4.78, 5) is 0. The minimum absolute atomic E-state index is 0.563. The second-order valence-corrected chi connectivity index (χ2v) is 4.29. The largest absolute Gasteiger partial charge is 0.326 e. The second kappa shape index (κ2) is 5.09. The Morgan fingerprint density at radius 1 is 1.31 bits per heavy atom. The Bertz CT molecular complexity index is 468. The number of benzene rings is 1.